The Labute approximate surface area is 218 Å². The van der Waals surface area contributed by atoms with Crippen LogP contribution in [-0.2, 0) is 16.6 Å². The maximum absolute atomic E-state index is 13.4. The van der Waals surface area contributed by atoms with Gasteiger partial charge in [-0.15, -0.1) is 6.58 Å². The molecule has 0 unspecified atom stereocenters. The summed E-state index contributed by atoms with van der Waals surface area (Å²) in [4.78, 5) is 17.6. The smallest absolute Gasteiger partial charge is 0.246 e. The number of aliphatic hydroxyl groups is 1. The molecular formula is C31H36N2O4. The largest absolute Gasteiger partial charge is 0.504 e. The van der Waals surface area contributed by atoms with E-state index in [-0.39, 0.29) is 29.7 Å². The summed E-state index contributed by atoms with van der Waals surface area (Å²) < 4.78 is 6.61. The molecule has 2 aliphatic carbocycles. The van der Waals surface area contributed by atoms with Crippen LogP contribution in [-0.4, -0.2) is 69.8 Å². The number of phenols is 1. The number of likely N-dealkylation sites (tertiary alicyclic amines) is 1. The van der Waals surface area contributed by atoms with Crippen molar-refractivity contribution >= 4 is 12.0 Å². The molecule has 1 spiro atoms. The molecule has 2 aromatic carbocycles. The summed E-state index contributed by atoms with van der Waals surface area (Å²) in [6, 6.07) is 11.4. The lowest BCUT2D eigenvalue weighted by molar-refractivity contribution is -0.222. The van der Waals surface area contributed by atoms with Crippen molar-refractivity contribution in [2.75, 3.05) is 20.1 Å². The zero-order valence-electron chi connectivity index (χ0n) is 21.9. The minimum atomic E-state index is -1.04. The number of amides is 1. The summed E-state index contributed by atoms with van der Waals surface area (Å²) in [5.74, 6) is 0.428. The SMILES string of the molecule is C=CCN1CC[C@]23c4c5ccc(O)c4O[C@H]2[C@H](N(C)C(=O)C=Cc2cccc(C)c2)C[C@H](C)[C@@]3(O)[C@H]1C5. The van der Waals surface area contributed by atoms with Crippen LogP contribution < -0.4 is 4.74 Å². The van der Waals surface area contributed by atoms with Crippen LogP contribution in [0.4, 0.5) is 0 Å². The molecule has 6 rings (SSSR count). The molecule has 0 aromatic heterocycles. The van der Waals surface area contributed by atoms with E-state index in [1.54, 1.807) is 17.0 Å². The summed E-state index contributed by atoms with van der Waals surface area (Å²) in [6.45, 7) is 9.62. The molecule has 1 saturated carbocycles. The lowest BCUT2D eigenvalue weighted by Gasteiger charge is -2.66. The summed E-state index contributed by atoms with van der Waals surface area (Å²) in [6.07, 6.45) is 6.96. The van der Waals surface area contributed by atoms with E-state index in [2.05, 4.69) is 18.4 Å². The second-order valence-electron chi connectivity index (χ2n) is 11.4. The lowest BCUT2D eigenvalue weighted by Crippen LogP contribution is -2.80. The normalized spacial score (nSPS) is 33.6. The first-order chi connectivity index (χ1) is 17.7. The zero-order chi connectivity index (χ0) is 26.1. The second-order valence-corrected chi connectivity index (χ2v) is 11.4. The third-order valence-corrected chi connectivity index (χ3v) is 9.63. The average Bonchev–Trinajstić information content (AvgIpc) is 3.23. The number of hydrogen-bond donors (Lipinski definition) is 2. The number of carbonyl (C=O) groups is 1. The topological polar surface area (TPSA) is 73.2 Å². The van der Waals surface area contributed by atoms with Crippen LogP contribution in [0.5, 0.6) is 11.5 Å². The van der Waals surface area contributed by atoms with E-state index >= 15 is 0 Å². The molecule has 2 N–H and O–H groups in total. The lowest BCUT2D eigenvalue weighted by atomic mass is 9.45. The van der Waals surface area contributed by atoms with Gasteiger partial charge in [0.25, 0.3) is 0 Å². The predicted molar refractivity (Wildman–Crippen MR) is 144 cm³/mol. The predicted octanol–water partition coefficient (Wildman–Crippen LogP) is 3.83. The minimum absolute atomic E-state index is 0.0765. The Hall–Kier alpha value is -3.09. The van der Waals surface area contributed by atoms with Crippen LogP contribution >= 0.6 is 0 Å². The van der Waals surface area contributed by atoms with Gasteiger partial charge in [0.05, 0.1) is 17.1 Å². The molecule has 2 aromatic rings. The van der Waals surface area contributed by atoms with Gasteiger partial charge in [-0.1, -0.05) is 48.9 Å². The number of aryl methyl sites for hydroxylation is 1. The number of nitrogens with zero attached hydrogens (tertiary/aromatic N) is 2. The third-order valence-electron chi connectivity index (χ3n) is 9.63. The molecular weight excluding hydrogens is 464 g/mol. The van der Waals surface area contributed by atoms with Gasteiger partial charge in [-0.3, -0.25) is 9.69 Å². The van der Waals surface area contributed by atoms with E-state index in [1.165, 1.54) is 0 Å². The molecule has 0 radical (unpaired) electrons. The molecule has 1 amide bonds. The van der Waals surface area contributed by atoms with Crippen LogP contribution in [0.25, 0.3) is 6.08 Å². The van der Waals surface area contributed by atoms with E-state index in [1.807, 2.05) is 56.5 Å². The maximum atomic E-state index is 13.4. The van der Waals surface area contributed by atoms with Crippen molar-refractivity contribution < 1.29 is 19.7 Å². The number of phenolic OH excluding ortho intramolecular Hbond substituents is 1. The first kappa shape index (κ1) is 24.3. The van der Waals surface area contributed by atoms with Crippen molar-refractivity contribution in [1.82, 2.24) is 9.80 Å². The van der Waals surface area contributed by atoms with Gasteiger partial charge in [0.15, 0.2) is 11.5 Å². The van der Waals surface area contributed by atoms with Gasteiger partial charge in [0.2, 0.25) is 5.91 Å². The molecule has 6 heteroatoms. The summed E-state index contributed by atoms with van der Waals surface area (Å²) in [5, 5.41) is 23.6. The molecule has 1 saturated heterocycles. The molecule has 194 valence electrons. The monoisotopic (exact) mass is 500 g/mol. The molecule has 2 fully saturated rings. The molecule has 37 heavy (non-hydrogen) atoms. The fourth-order valence-corrected chi connectivity index (χ4v) is 8.01. The number of benzene rings is 2. The molecule has 2 bridgehead atoms. The van der Waals surface area contributed by atoms with Gasteiger partial charge in [-0.2, -0.15) is 0 Å². The van der Waals surface area contributed by atoms with Gasteiger partial charge < -0.3 is 19.8 Å². The van der Waals surface area contributed by atoms with Gasteiger partial charge in [0.1, 0.15) is 6.10 Å². The molecule has 6 atom stereocenters. The van der Waals surface area contributed by atoms with E-state index < -0.39 is 17.1 Å². The first-order valence-corrected chi connectivity index (χ1v) is 13.3. The van der Waals surface area contributed by atoms with Crippen LogP contribution in [0.1, 0.15) is 42.0 Å². The highest BCUT2D eigenvalue weighted by Gasteiger charge is 2.75. The number of piperidine rings is 1. The average molecular weight is 501 g/mol. The fourth-order valence-electron chi connectivity index (χ4n) is 8.01. The first-order valence-electron chi connectivity index (χ1n) is 13.3. The van der Waals surface area contributed by atoms with Gasteiger partial charge in [-0.05, 0) is 61.9 Å². The van der Waals surface area contributed by atoms with E-state index in [0.717, 1.165) is 28.8 Å². The highest BCUT2D eigenvalue weighted by Crippen LogP contribution is 2.67. The number of hydrogen-bond acceptors (Lipinski definition) is 5. The summed E-state index contributed by atoms with van der Waals surface area (Å²) >= 11 is 0. The molecule has 4 aliphatic rings. The quantitative estimate of drug-likeness (QED) is 0.482. The van der Waals surface area contributed by atoms with Gasteiger partial charge in [0, 0.05) is 31.3 Å². The van der Waals surface area contributed by atoms with E-state index in [9.17, 15) is 15.0 Å². The standard InChI is InChI=1S/C31H36N2O4/c1-5-14-33-15-13-30-27-22-10-11-24(34)28(27)37-29(30)23(17-20(3)31(30,36)25(33)18-22)32(4)26(35)12-9-21-8-6-7-19(2)16-21/h5-12,16,20,23,25,29,34,36H,1,13-15,17-18H2,2-4H3/t20-,23+,25+,29-,30-,31+/m0/s1. The Balaban J connectivity index is 1.41. The van der Waals surface area contributed by atoms with E-state index in [4.69, 9.17) is 4.74 Å². The Morgan fingerprint density at radius 1 is 1.32 bits per heavy atom. The maximum Gasteiger partial charge on any atom is 0.246 e. The summed E-state index contributed by atoms with van der Waals surface area (Å²) in [7, 11) is 1.83. The Morgan fingerprint density at radius 3 is 2.89 bits per heavy atom. The van der Waals surface area contributed by atoms with Gasteiger partial charge in [-0.25, -0.2) is 0 Å². The number of carbonyl (C=O) groups excluding carboxylic acids is 1. The van der Waals surface area contributed by atoms with Crippen molar-refractivity contribution in [3.05, 3.63) is 77.4 Å². The zero-order valence-corrected chi connectivity index (χ0v) is 21.9. The third kappa shape index (κ3) is 3.21. The Morgan fingerprint density at radius 2 is 2.14 bits per heavy atom. The van der Waals surface area contributed by atoms with Crippen LogP contribution in [0.15, 0.2) is 55.1 Å². The van der Waals surface area contributed by atoms with Crippen LogP contribution in [0, 0.1) is 12.8 Å². The summed E-state index contributed by atoms with van der Waals surface area (Å²) in [5.41, 5.74) is 2.49. The Kier molecular flexibility index (Phi) is 5.55. The van der Waals surface area contributed by atoms with Crippen molar-refractivity contribution in [2.45, 2.75) is 62.3 Å². The fraction of sp³-hybridized carbons (Fsp3) is 0.452. The number of rotatable bonds is 5. The number of ether oxygens (including phenoxy) is 1. The van der Waals surface area contributed by atoms with Gasteiger partial charge >= 0.3 is 0 Å². The van der Waals surface area contributed by atoms with Crippen LogP contribution in [0.2, 0.25) is 0 Å². The van der Waals surface area contributed by atoms with Crippen molar-refractivity contribution in [3.8, 4) is 11.5 Å². The van der Waals surface area contributed by atoms with Crippen molar-refractivity contribution in [3.63, 3.8) is 0 Å². The highest BCUT2D eigenvalue weighted by atomic mass is 16.5. The number of aromatic hydroxyl groups is 1. The van der Waals surface area contributed by atoms with Crippen LogP contribution in [0.3, 0.4) is 0 Å². The van der Waals surface area contributed by atoms with Crippen molar-refractivity contribution in [1.29, 1.82) is 0 Å². The highest BCUT2D eigenvalue weighted by molar-refractivity contribution is 5.92. The minimum Gasteiger partial charge on any atom is -0.504 e. The Bertz CT molecular complexity index is 1300. The van der Waals surface area contributed by atoms with Crippen molar-refractivity contribution in [2.24, 2.45) is 5.92 Å². The number of likely N-dealkylation sites (N-methyl/N-ethyl adjacent to an activating group) is 1. The molecule has 2 heterocycles. The molecule has 2 aliphatic heterocycles. The van der Waals surface area contributed by atoms with E-state index in [0.29, 0.717) is 31.6 Å². The molecule has 6 nitrogen and oxygen atoms in total. The second kappa shape index (κ2) is 8.47.